The summed E-state index contributed by atoms with van der Waals surface area (Å²) in [5.74, 6) is 1.06. The average Bonchev–Trinajstić information content (AvgIpc) is 2.93. The Kier molecular flexibility index (Phi) is 9.65. The molecule has 0 atom stereocenters. The smallest absolute Gasteiger partial charge is 0.220 e. The third-order valence-corrected chi connectivity index (χ3v) is 7.08. The number of carbonyl (C=O) groups excluding carboxylic acids is 1. The lowest BCUT2D eigenvalue weighted by atomic mass is 9.99. The number of rotatable bonds is 11. The van der Waals surface area contributed by atoms with Gasteiger partial charge in [0, 0.05) is 44.2 Å². The fourth-order valence-electron chi connectivity index (χ4n) is 4.77. The van der Waals surface area contributed by atoms with Crippen LogP contribution in [0.1, 0.15) is 31.2 Å². The number of amides is 1. The van der Waals surface area contributed by atoms with E-state index >= 15 is 0 Å². The molecule has 1 fully saturated rings. The lowest BCUT2D eigenvalue weighted by molar-refractivity contribution is -0.121. The Hall–Kier alpha value is -3.02. The monoisotopic (exact) mass is 505 g/mol. The maximum absolute atomic E-state index is 12.4. The molecule has 0 radical (unpaired) electrons. The SMILES string of the molecule is COc1ccccc1N1CCN(CCCCCC(=O)NCc2ccccc2-c2ccc(Cl)cc2)CC1. The molecule has 0 aliphatic carbocycles. The molecule has 1 heterocycles. The minimum absolute atomic E-state index is 0.117. The minimum atomic E-state index is 0.117. The molecule has 1 N–H and O–H groups in total. The van der Waals surface area contributed by atoms with Gasteiger partial charge in [0.05, 0.1) is 12.8 Å². The molecule has 4 rings (SSSR count). The molecule has 5 nitrogen and oxygen atoms in total. The van der Waals surface area contributed by atoms with Gasteiger partial charge in [-0.05, 0) is 60.3 Å². The first-order chi connectivity index (χ1) is 17.6. The van der Waals surface area contributed by atoms with Crippen LogP contribution in [0.25, 0.3) is 11.1 Å². The molecular formula is C30H36ClN3O2. The molecule has 0 aromatic heterocycles. The number of piperazine rings is 1. The number of carbonyl (C=O) groups is 1. The number of nitrogens with one attached hydrogen (secondary N) is 1. The summed E-state index contributed by atoms with van der Waals surface area (Å²) in [5, 5.41) is 3.82. The second-order valence-electron chi connectivity index (χ2n) is 9.25. The Bertz CT molecular complexity index is 1110. The number of halogens is 1. The first kappa shape index (κ1) is 26.1. The number of nitrogens with zero attached hydrogens (tertiary/aromatic N) is 2. The topological polar surface area (TPSA) is 44.8 Å². The maximum atomic E-state index is 12.4. The van der Waals surface area contributed by atoms with Crippen LogP contribution >= 0.6 is 11.6 Å². The standard InChI is InChI=1S/C30H36ClN3O2/c1-36-29-12-7-6-11-28(29)34-21-19-33(20-22-34)18-8-2-3-13-30(35)32-23-25-9-4-5-10-27(25)24-14-16-26(31)17-15-24/h4-7,9-12,14-17H,2-3,8,13,18-23H2,1H3,(H,32,35). The average molecular weight is 506 g/mol. The normalized spacial score (nSPS) is 14.0. The molecule has 36 heavy (non-hydrogen) atoms. The molecule has 0 spiro atoms. The summed E-state index contributed by atoms with van der Waals surface area (Å²) in [6, 6.07) is 24.2. The number of hydrogen-bond acceptors (Lipinski definition) is 4. The van der Waals surface area contributed by atoms with Crippen molar-refractivity contribution in [2.45, 2.75) is 32.2 Å². The lowest BCUT2D eigenvalue weighted by Crippen LogP contribution is -2.46. The zero-order valence-corrected chi connectivity index (χ0v) is 21.8. The number of methoxy groups -OCH3 is 1. The molecule has 0 bridgehead atoms. The van der Waals surface area contributed by atoms with E-state index in [2.05, 4.69) is 39.4 Å². The minimum Gasteiger partial charge on any atom is -0.495 e. The van der Waals surface area contributed by atoms with Gasteiger partial charge in [-0.25, -0.2) is 0 Å². The Labute approximate surface area is 220 Å². The van der Waals surface area contributed by atoms with E-state index < -0.39 is 0 Å². The number of para-hydroxylation sites is 2. The van der Waals surface area contributed by atoms with Gasteiger partial charge in [0.1, 0.15) is 5.75 Å². The summed E-state index contributed by atoms with van der Waals surface area (Å²) in [6.07, 6.45) is 3.69. The van der Waals surface area contributed by atoms with Crippen molar-refractivity contribution in [2.75, 3.05) is 44.7 Å². The van der Waals surface area contributed by atoms with E-state index in [-0.39, 0.29) is 5.91 Å². The van der Waals surface area contributed by atoms with Crippen LogP contribution in [0.4, 0.5) is 5.69 Å². The summed E-state index contributed by atoms with van der Waals surface area (Å²) in [4.78, 5) is 17.4. The second kappa shape index (κ2) is 13.3. The maximum Gasteiger partial charge on any atom is 0.220 e. The molecule has 1 amide bonds. The van der Waals surface area contributed by atoms with Gasteiger partial charge in [-0.15, -0.1) is 0 Å². The van der Waals surface area contributed by atoms with E-state index in [0.717, 1.165) is 79.4 Å². The van der Waals surface area contributed by atoms with E-state index in [1.807, 2.05) is 48.5 Å². The van der Waals surface area contributed by atoms with Gasteiger partial charge in [0.2, 0.25) is 5.91 Å². The van der Waals surface area contributed by atoms with Crippen molar-refractivity contribution in [2.24, 2.45) is 0 Å². The van der Waals surface area contributed by atoms with E-state index in [0.29, 0.717) is 13.0 Å². The molecule has 190 valence electrons. The Morgan fingerprint density at radius 3 is 2.39 bits per heavy atom. The van der Waals surface area contributed by atoms with Crippen molar-refractivity contribution in [3.05, 3.63) is 83.4 Å². The summed E-state index contributed by atoms with van der Waals surface area (Å²) in [5.41, 5.74) is 4.52. The molecule has 0 unspecified atom stereocenters. The van der Waals surface area contributed by atoms with Crippen molar-refractivity contribution in [1.82, 2.24) is 10.2 Å². The highest BCUT2D eigenvalue weighted by atomic mass is 35.5. The molecular weight excluding hydrogens is 470 g/mol. The molecule has 1 aliphatic rings. The van der Waals surface area contributed by atoms with Gasteiger partial charge in [-0.3, -0.25) is 9.69 Å². The third kappa shape index (κ3) is 7.25. The molecule has 0 saturated carbocycles. The second-order valence-corrected chi connectivity index (χ2v) is 9.69. The Morgan fingerprint density at radius 1 is 0.889 bits per heavy atom. The van der Waals surface area contributed by atoms with Gasteiger partial charge in [-0.1, -0.05) is 66.6 Å². The van der Waals surface area contributed by atoms with Gasteiger partial charge in [0.25, 0.3) is 0 Å². The van der Waals surface area contributed by atoms with E-state index in [9.17, 15) is 4.79 Å². The Morgan fingerprint density at radius 2 is 1.61 bits per heavy atom. The number of ether oxygens (including phenoxy) is 1. The van der Waals surface area contributed by atoms with Gasteiger partial charge in [0.15, 0.2) is 0 Å². The molecule has 6 heteroatoms. The fraction of sp³-hybridized carbons (Fsp3) is 0.367. The Balaban J connectivity index is 1.12. The van der Waals surface area contributed by atoms with E-state index in [4.69, 9.17) is 16.3 Å². The molecule has 3 aromatic rings. The van der Waals surface area contributed by atoms with Gasteiger partial charge >= 0.3 is 0 Å². The molecule has 1 saturated heterocycles. The van der Waals surface area contributed by atoms with Crippen LogP contribution < -0.4 is 15.0 Å². The van der Waals surface area contributed by atoms with Crippen molar-refractivity contribution >= 4 is 23.2 Å². The quantitative estimate of drug-likeness (QED) is 0.324. The van der Waals surface area contributed by atoms with Crippen LogP contribution in [0, 0.1) is 0 Å². The van der Waals surface area contributed by atoms with Crippen LogP contribution in [0.5, 0.6) is 5.75 Å². The summed E-state index contributed by atoms with van der Waals surface area (Å²) < 4.78 is 5.52. The predicted octanol–water partition coefficient (Wildman–Crippen LogP) is 6.01. The van der Waals surface area contributed by atoms with E-state index in [1.54, 1.807) is 7.11 Å². The van der Waals surface area contributed by atoms with Crippen molar-refractivity contribution in [3.8, 4) is 16.9 Å². The fourth-order valence-corrected chi connectivity index (χ4v) is 4.89. The number of hydrogen-bond donors (Lipinski definition) is 1. The summed E-state index contributed by atoms with van der Waals surface area (Å²) in [7, 11) is 1.73. The third-order valence-electron chi connectivity index (χ3n) is 6.82. The summed E-state index contributed by atoms with van der Waals surface area (Å²) in [6.45, 7) is 5.78. The highest BCUT2D eigenvalue weighted by Gasteiger charge is 2.19. The first-order valence-corrected chi connectivity index (χ1v) is 13.2. The zero-order valence-electron chi connectivity index (χ0n) is 21.1. The van der Waals surface area contributed by atoms with Crippen LogP contribution in [-0.4, -0.2) is 50.6 Å². The van der Waals surface area contributed by atoms with Crippen molar-refractivity contribution < 1.29 is 9.53 Å². The van der Waals surface area contributed by atoms with Crippen LogP contribution in [-0.2, 0) is 11.3 Å². The number of unbranched alkanes of at least 4 members (excludes halogenated alkanes) is 2. The highest BCUT2D eigenvalue weighted by Crippen LogP contribution is 2.28. The number of benzene rings is 3. The summed E-state index contributed by atoms with van der Waals surface area (Å²) >= 11 is 6.03. The molecule has 3 aromatic carbocycles. The first-order valence-electron chi connectivity index (χ1n) is 12.8. The van der Waals surface area contributed by atoms with Crippen LogP contribution in [0.15, 0.2) is 72.8 Å². The van der Waals surface area contributed by atoms with Crippen molar-refractivity contribution in [1.29, 1.82) is 0 Å². The van der Waals surface area contributed by atoms with Crippen molar-refractivity contribution in [3.63, 3.8) is 0 Å². The largest absolute Gasteiger partial charge is 0.495 e. The van der Waals surface area contributed by atoms with Gasteiger partial charge in [-0.2, -0.15) is 0 Å². The lowest BCUT2D eigenvalue weighted by Gasteiger charge is -2.36. The predicted molar refractivity (Wildman–Crippen MR) is 149 cm³/mol. The number of anilines is 1. The molecule has 1 aliphatic heterocycles. The van der Waals surface area contributed by atoms with Crippen LogP contribution in [0.3, 0.4) is 0 Å². The van der Waals surface area contributed by atoms with E-state index in [1.165, 1.54) is 5.69 Å². The van der Waals surface area contributed by atoms with Gasteiger partial charge < -0.3 is 15.0 Å². The zero-order chi connectivity index (χ0) is 25.2. The highest BCUT2D eigenvalue weighted by molar-refractivity contribution is 6.30. The van der Waals surface area contributed by atoms with Crippen LogP contribution in [0.2, 0.25) is 5.02 Å².